The van der Waals surface area contributed by atoms with Gasteiger partial charge in [-0.2, -0.15) is 0 Å². The van der Waals surface area contributed by atoms with Crippen LogP contribution in [0.5, 0.6) is 0 Å². The van der Waals surface area contributed by atoms with Gasteiger partial charge in [0.1, 0.15) is 0 Å². The number of nitrogens with one attached hydrogen (secondary N) is 1. The molecular formula is C15H19NOS. The Morgan fingerprint density at radius 3 is 2.67 bits per heavy atom. The third-order valence-corrected chi connectivity index (χ3v) is 3.89. The smallest absolute Gasteiger partial charge is 0.0524 e. The largest absolute Gasteiger partial charge is 0.393 e. The highest BCUT2D eigenvalue weighted by Crippen LogP contribution is 2.27. The number of aliphatic hydroxyl groups is 1. The first-order valence-corrected chi connectivity index (χ1v) is 7.10. The maximum atomic E-state index is 9.16. The van der Waals surface area contributed by atoms with Crippen LogP contribution in [-0.2, 0) is 6.54 Å². The summed E-state index contributed by atoms with van der Waals surface area (Å²) in [6.45, 7) is 3.56. The van der Waals surface area contributed by atoms with E-state index in [2.05, 4.69) is 41.7 Å². The quantitative estimate of drug-likeness (QED) is 0.782. The zero-order valence-electron chi connectivity index (χ0n) is 10.6. The molecule has 96 valence electrons. The van der Waals surface area contributed by atoms with Crippen LogP contribution in [0.1, 0.15) is 18.2 Å². The van der Waals surface area contributed by atoms with Crippen molar-refractivity contribution in [3.05, 3.63) is 47.3 Å². The highest BCUT2D eigenvalue weighted by Gasteiger charge is 2.02. The van der Waals surface area contributed by atoms with Crippen LogP contribution in [0, 0.1) is 0 Å². The van der Waals surface area contributed by atoms with Gasteiger partial charge in [0.2, 0.25) is 0 Å². The van der Waals surface area contributed by atoms with Crippen molar-refractivity contribution in [2.75, 3.05) is 6.54 Å². The summed E-state index contributed by atoms with van der Waals surface area (Å²) in [5.74, 6) is 0. The number of aliphatic hydroxyl groups excluding tert-OH is 1. The summed E-state index contributed by atoms with van der Waals surface area (Å²) >= 11 is 1.82. The first-order chi connectivity index (χ1) is 8.75. The van der Waals surface area contributed by atoms with E-state index in [1.54, 1.807) is 0 Å². The number of hydrogen-bond acceptors (Lipinski definition) is 3. The van der Waals surface area contributed by atoms with E-state index in [0.29, 0.717) is 0 Å². The number of rotatable bonds is 6. The molecule has 0 aliphatic heterocycles. The molecule has 2 aromatic rings. The van der Waals surface area contributed by atoms with Crippen molar-refractivity contribution in [2.24, 2.45) is 0 Å². The van der Waals surface area contributed by atoms with Crippen LogP contribution in [0.15, 0.2) is 42.5 Å². The van der Waals surface area contributed by atoms with Gasteiger partial charge < -0.3 is 10.4 Å². The van der Waals surface area contributed by atoms with Gasteiger partial charge in [0.05, 0.1) is 6.10 Å². The first kappa shape index (κ1) is 13.3. The Labute approximate surface area is 112 Å². The molecule has 0 saturated carbocycles. The van der Waals surface area contributed by atoms with Crippen molar-refractivity contribution in [1.82, 2.24) is 5.32 Å². The molecule has 0 radical (unpaired) electrons. The molecule has 1 aromatic heterocycles. The van der Waals surface area contributed by atoms with Crippen LogP contribution >= 0.6 is 11.3 Å². The van der Waals surface area contributed by atoms with Gasteiger partial charge in [0.15, 0.2) is 0 Å². The Hall–Kier alpha value is -1.16. The Balaban J connectivity index is 1.87. The van der Waals surface area contributed by atoms with E-state index in [4.69, 9.17) is 5.11 Å². The Bertz CT molecular complexity index is 464. The lowest BCUT2D eigenvalue weighted by Gasteiger charge is -2.04. The van der Waals surface area contributed by atoms with Crippen LogP contribution in [0.25, 0.3) is 10.4 Å². The summed E-state index contributed by atoms with van der Waals surface area (Å²) < 4.78 is 0. The van der Waals surface area contributed by atoms with Crippen LogP contribution in [0.4, 0.5) is 0 Å². The third kappa shape index (κ3) is 3.95. The maximum Gasteiger partial charge on any atom is 0.0524 e. The van der Waals surface area contributed by atoms with E-state index in [9.17, 15) is 0 Å². The minimum Gasteiger partial charge on any atom is -0.393 e. The summed E-state index contributed by atoms with van der Waals surface area (Å²) in [5.41, 5.74) is 1.28. The fourth-order valence-corrected chi connectivity index (χ4v) is 2.74. The monoisotopic (exact) mass is 261 g/mol. The normalized spacial score (nSPS) is 12.6. The molecule has 18 heavy (non-hydrogen) atoms. The van der Waals surface area contributed by atoms with E-state index < -0.39 is 0 Å². The van der Waals surface area contributed by atoms with Gasteiger partial charge in [-0.1, -0.05) is 30.3 Å². The van der Waals surface area contributed by atoms with Crippen molar-refractivity contribution in [3.63, 3.8) is 0 Å². The minimum absolute atomic E-state index is 0.222. The molecule has 1 unspecified atom stereocenters. The van der Waals surface area contributed by atoms with E-state index in [0.717, 1.165) is 19.5 Å². The number of thiophene rings is 1. The van der Waals surface area contributed by atoms with Crippen molar-refractivity contribution < 1.29 is 5.11 Å². The zero-order valence-corrected chi connectivity index (χ0v) is 11.4. The molecular weight excluding hydrogens is 242 g/mol. The fourth-order valence-electron chi connectivity index (χ4n) is 1.75. The third-order valence-electron chi connectivity index (χ3n) is 2.76. The molecule has 2 nitrogen and oxygen atoms in total. The Morgan fingerprint density at radius 2 is 1.94 bits per heavy atom. The van der Waals surface area contributed by atoms with Crippen LogP contribution in [-0.4, -0.2) is 17.8 Å². The van der Waals surface area contributed by atoms with Crippen molar-refractivity contribution in [2.45, 2.75) is 26.0 Å². The zero-order chi connectivity index (χ0) is 12.8. The van der Waals surface area contributed by atoms with Crippen molar-refractivity contribution >= 4 is 11.3 Å². The van der Waals surface area contributed by atoms with Crippen LogP contribution < -0.4 is 5.32 Å². The highest BCUT2D eigenvalue weighted by atomic mass is 32.1. The second-order valence-corrected chi connectivity index (χ2v) is 5.61. The van der Waals surface area contributed by atoms with E-state index in [-0.39, 0.29) is 6.10 Å². The molecule has 0 spiro atoms. The van der Waals surface area contributed by atoms with E-state index in [1.807, 2.05) is 24.3 Å². The predicted molar refractivity (Wildman–Crippen MR) is 77.8 cm³/mol. The molecule has 3 heteroatoms. The highest BCUT2D eigenvalue weighted by molar-refractivity contribution is 7.15. The topological polar surface area (TPSA) is 32.3 Å². The predicted octanol–water partition coefficient (Wildman–Crippen LogP) is 3.28. The second kappa shape index (κ2) is 6.69. The molecule has 1 aromatic carbocycles. The van der Waals surface area contributed by atoms with Gasteiger partial charge >= 0.3 is 0 Å². The molecule has 1 heterocycles. The van der Waals surface area contributed by atoms with Gasteiger partial charge in [0, 0.05) is 16.3 Å². The lowest BCUT2D eigenvalue weighted by atomic mass is 10.2. The maximum absolute atomic E-state index is 9.16. The van der Waals surface area contributed by atoms with E-state index >= 15 is 0 Å². The molecule has 0 bridgehead atoms. The van der Waals surface area contributed by atoms with Crippen LogP contribution in [0.3, 0.4) is 0 Å². The van der Waals surface area contributed by atoms with E-state index in [1.165, 1.54) is 15.3 Å². The van der Waals surface area contributed by atoms with Gasteiger partial charge in [-0.3, -0.25) is 0 Å². The van der Waals surface area contributed by atoms with Crippen molar-refractivity contribution in [3.8, 4) is 10.4 Å². The summed E-state index contributed by atoms with van der Waals surface area (Å²) in [6, 6.07) is 14.8. The van der Waals surface area contributed by atoms with Gasteiger partial charge in [-0.05, 0) is 37.6 Å². The molecule has 0 amide bonds. The average molecular weight is 261 g/mol. The summed E-state index contributed by atoms with van der Waals surface area (Å²) in [4.78, 5) is 2.64. The number of hydrogen-bond donors (Lipinski definition) is 2. The Morgan fingerprint density at radius 1 is 1.17 bits per heavy atom. The summed E-state index contributed by atoms with van der Waals surface area (Å²) in [7, 11) is 0. The van der Waals surface area contributed by atoms with Gasteiger partial charge in [-0.15, -0.1) is 11.3 Å². The standard InChI is InChI=1S/C15H19NOS/c1-12(17)9-10-16-11-14-7-8-15(18-14)13-5-3-2-4-6-13/h2-8,12,16-17H,9-11H2,1H3. The number of benzene rings is 1. The van der Waals surface area contributed by atoms with Crippen molar-refractivity contribution in [1.29, 1.82) is 0 Å². The molecule has 0 aliphatic rings. The molecule has 0 saturated heterocycles. The molecule has 2 rings (SSSR count). The second-order valence-electron chi connectivity index (χ2n) is 4.45. The summed E-state index contributed by atoms with van der Waals surface area (Å²) in [6.07, 6.45) is 0.581. The Kier molecular flexibility index (Phi) is 4.93. The lowest BCUT2D eigenvalue weighted by Crippen LogP contribution is -2.17. The molecule has 2 N–H and O–H groups in total. The fraction of sp³-hybridized carbons (Fsp3) is 0.333. The summed E-state index contributed by atoms with van der Waals surface area (Å²) in [5, 5.41) is 12.5. The average Bonchev–Trinajstić information content (AvgIpc) is 2.84. The van der Waals surface area contributed by atoms with Gasteiger partial charge in [-0.25, -0.2) is 0 Å². The lowest BCUT2D eigenvalue weighted by molar-refractivity contribution is 0.183. The SMILES string of the molecule is CC(O)CCNCc1ccc(-c2ccccc2)s1. The minimum atomic E-state index is -0.222. The molecule has 0 fully saturated rings. The van der Waals surface area contributed by atoms with Gasteiger partial charge in [0.25, 0.3) is 0 Å². The first-order valence-electron chi connectivity index (χ1n) is 6.28. The molecule has 0 aliphatic carbocycles. The molecule has 1 atom stereocenters. The van der Waals surface area contributed by atoms with Crippen LogP contribution in [0.2, 0.25) is 0 Å².